The van der Waals surface area contributed by atoms with Gasteiger partial charge in [-0.15, -0.1) is 0 Å². The van der Waals surface area contributed by atoms with Crippen molar-refractivity contribution in [3.63, 3.8) is 0 Å². The van der Waals surface area contributed by atoms with Gasteiger partial charge in [0.25, 0.3) is 0 Å². The van der Waals surface area contributed by atoms with Gasteiger partial charge in [-0.1, -0.05) is 19.3 Å². The third kappa shape index (κ3) is 4.05. The van der Waals surface area contributed by atoms with E-state index in [1.165, 1.54) is 0 Å². The molecule has 2 amide bonds. The smallest absolute Gasteiger partial charge is 0.317 e. The Morgan fingerprint density at radius 1 is 1.24 bits per heavy atom. The van der Waals surface area contributed by atoms with Gasteiger partial charge in [0.15, 0.2) is 0 Å². The number of aliphatic carboxylic acids is 1. The largest absolute Gasteiger partial charge is 0.481 e. The van der Waals surface area contributed by atoms with Gasteiger partial charge in [0.2, 0.25) is 0 Å². The van der Waals surface area contributed by atoms with E-state index in [9.17, 15) is 14.7 Å². The van der Waals surface area contributed by atoms with Crippen LogP contribution in [0, 0.1) is 5.41 Å². The van der Waals surface area contributed by atoms with Crippen LogP contribution < -0.4 is 5.32 Å². The second-order valence-electron chi connectivity index (χ2n) is 6.83. The monoisotopic (exact) mass is 314 g/mol. The van der Waals surface area contributed by atoms with Crippen LogP contribution in [0.4, 0.5) is 4.79 Å². The highest BCUT2D eigenvalue weighted by molar-refractivity contribution is 8.00. The summed E-state index contributed by atoms with van der Waals surface area (Å²) in [7, 11) is 0. The Bertz CT molecular complexity index is 406. The van der Waals surface area contributed by atoms with E-state index in [1.807, 2.05) is 16.7 Å². The molecule has 0 atom stereocenters. The van der Waals surface area contributed by atoms with Crippen LogP contribution >= 0.6 is 11.8 Å². The molecule has 1 saturated carbocycles. The lowest BCUT2D eigenvalue weighted by Gasteiger charge is -2.39. The lowest BCUT2D eigenvalue weighted by Crippen LogP contribution is -2.53. The molecule has 0 radical (unpaired) electrons. The zero-order valence-electron chi connectivity index (χ0n) is 13.0. The van der Waals surface area contributed by atoms with Crippen molar-refractivity contribution >= 4 is 23.8 Å². The van der Waals surface area contributed by atoms with Gasteiger partial charge in [-0.3, -0.25) is 4.79 Å². The topological polar surface area (TPSA) is 69.6 Å². The molecule has 120 valence electrons. The number of carbonyl (C=O) groups is 2. The average molecular weight is 314 g/mol. The maximum Gasteiger partial charge on any atom is 0.317 e. The van der Waals surface area contributed by atoms with E-state index < -0.39 is 11.4 Å². The van der Waals surface area contributed by atoms with Gasteiger partial charge < -0.3 is 15.3 Å². The zero-order valence-corrected chi connectivity index (χ0v) is 13.8. The molecule has 1 saturated heterocycles. The first-order valence-corrected chi connectivity index (χ1v) is 8.73. The molecule has 0 spiro atoms. The Kier molecular flexibility index (Phi) is 5.07. The number of hydrogen-bond donors (Lipinski definition) is 2. The number of urea groups is 1. The van der Waals surface area contributed by atoms with E-state index in [-0.39, 0.29) is 17.3 Å². The van der Waals surface area contributed by atoms with Gasteiger partial charge in [-0.25, -0.2) is 4.79 Å². The Morgan fingerprint density at radius 2 is 1.90 bits per heavy atom. The molecule has 0 aromatic heterocycles. The summed E-state index contributed by atoms with van der Waals surface area (Å²) in [6, 6.07) is -0.116. The Balaban J connectivity index is 1.91. The van der Waals surface area contributed by atoms with Crippen molar-refractivity contribution in [3.8, 4) is 0 Å². The van der Waals surface area contributed by atoms with Crippen molar-refractivity contribution in [1.29, 1.82) is 0 Å². The van der Waals surface area contributed by atoms with Gasteiger partial charge in [-0.05, 0) is 26.7 Å². The predicted octanol–water partition coefficient (Wildman–Crippen LogP) is 2.56. The summed E-state index contributed by atoms with van der Waals surface area (Å²) < 4.78 is 0.0743. The van der Waals surface area contributed by atoms with Crippen LogP contribution in [0.5, 0.6) is 0 Å². The molecule has 1 heterocycles. The Hall–Kier alpha value is -0.910. The number of carboxylic acids is 1. The number of thioether (sulfide) groups is 1. The summed E-state index contributed by atoms with van der Waals surface area (Å²) in [6.07, 6.45) is 4.32. The maximum atomic E-state index is 12.3. The summed E-state index contributed by atoms with van der Waals surface area (Å²) in [5, 5.41) is 12.4. The minimum atomic E-state index is -0.767. The fourth-order valence-corrected chi connectivity index (χ4v) is 4.35. The molecule has 0 unspecified atom stereocenters. The Morgan fingerprint density at radius 3 is 2.48 bits per heavy atom. The Labute approximate surface area is 130 Å². The lowest BCUT2D eigenvalue weighted by atomic mass is 9.74. The molecule has 0 aromatic rings. The van der Waals surface area contributed by atoms with Crippen molar-refractivity contribution in [3.05, 3.63) is 0 Å². The fraction of sp³-hybridized carbons (Fsp3) is 0.867. The molecule has 1 aliphatic heterocycles. The lowest BCUT2D eigenvalue weighted by molar-refractivity contribution is -0.150. The molecular formula is C15H26N2O3S. The zero-order chi connectivity index (χ0) is 15.5. The van der Waals surface area contributed by atoms with E-state index in [4.69, 9.17) is 0 Å². The first-order valence-electron chi connectivity index (χ1n) is 7.75. The van der Waals surface area contributed by atoms with Crippen LogP contribution in [0.2, 0.25) is 0 Å². The second-order valence-corrected chi connectivity index (χ2v) is 8.64. The number of amides is 2. The molecular weight excluding hydrogens is 288 g/mol. The number of hydrogen-bond acceptors (Lipinski definition) is 3. The molecule has 21 heavy (non-hydrogen) atoms. The number of carbonyl (C=O) groups excluding carboxylic acids is 1. The summed E-state index contributed by atoms with van der Waals surface area (Å²) in [4.78, 5) is 25.7. The molecule has 1 aliphatic carbocycles. The molecule has 2 rings (SSSR count). The standard InChI is InChI=1S/C15H26N2O3S/c1-14(2)11-17(8-9-21-14)13(20)16-10-15(12(18)19)6-4-3-5-7-15/h3-11H2,1-2H3,(H,16,20)(H,18,19). The highest BCUT2D eigenvalue weighted by Crippen LogP contribution is 2.36. The number of nitrogens with one attached hydrogen (secondary N) is 1. The fourth-order valence-electron chi connectivity index (χ4n) is 3.24. The predicted molar refractivity (Wildman–Crippen MR) is 84.7 cm³/mol. The molecule has 2 fully saturated rings. The van der Waals surface area contributed by atoms with E-state index in [2.05, 4.69) is 19.2 Å². The highest BCUT2D eigenvalue weighted by Gasteiger charge is 2.40. The molecule has 0 aromatic carbocycles. The van der Waals surface area contributed by atoms with E-state index >= 15 is 0 Å². The van der Waals surface area contributed by atoms with Gasteiger partial charge in [0, 0.05) is 30.1 Å². The summed E-state index contributed by atoms with van der Waals surface area (Å²) in [6.45, 7) is 5.97. The van der Waals surface area contributed by atoms with E-state index in [0.717, 1.165) is 31.6 Å². The van der Waals surface area contributed by atoms with Gasteiger partial charge in [0.05, 0.1) is 5.41 Å². The number of nitrogens with zero attached hydrogens (tertiary/aromatic N) is 1. The van der Waals surface area contributed by atoms with E-state index in [1.54, 1.807) is 0 Å². The van der Waals surface area contributed by atoms with Crippen molar-refractivity contribution in [2.75, 3.05) is 25.4 Å². The van der Waals surface area contributed by atoms with Crippen molar-refractivity contribution in [2.24, 2.45) is 5.41 Å². The van der Waals surface area contributed by atoms with Crippen molar-refractivity contribution in [2.45, 2.75) is 50.7 Å². The van der Waals surface area contributed by atoms with Crippen LogP contribution in [-0.2, 0) is 4.79 Å². The van der Waals surface area contributed by atoms with Gasteiger partial charge in [0.1, 0.15) is 0 Å². The van der Waals surface area contributed by atoms with Crippen LogP contribution in [-0.4, -0.2) is 52.1 Å². The average Bonchev–Trinajstić information content (AvgIpc) is 2.44. The first kappa shape index (κ1) is 16.5. The molecule has 5 nitrogen and oxygen atoms in total. The van der Waals surface area contributed by atoms with Crippen molar-refractivity contribution in [1.82, 2.24) is 10.2 Å². The van der Waals surface area contributed by atoms with E-state index in [0.29, 0.717) is 19.4 Å². The van der Waals surface area contributed by atoms with Gasteiger partial charge >= 0.3 is 12.0 Å². The molecule has 2 N–H and O–H groups in total. The summed E-state index contributed by atoms with van der Waals surface area (Å²) >= 11 is 1.88. The minimum absolute atomic E-state index is 0.0743. The van der Waals surface area contributed by atoms with Crippen LogP contribution in [0.1, 0.15) is 46.0 Å². The van der Waals surface area contributed by atoms with Crippen molar-refractivity contribution < 1.29 is 14.7 Å². The third-order valence-corrected chi connectivity index (χ3v) is 5.85. The normalized spacial score (nSPS) is 24.4. The number of carboxylic acid groups (broad SMARTS) is 1. The number of rotatable bonds is 3. The quantitative estimate of drug-likeness (QED) is 0.840. The molecule has 2 aliphatic rings. The summed E-state index contributed by atoms with van der Waals surface area (Å²) in [5.74, 6) is 0.168. The second kappa shape index (κ2) is 6.46. The minimum Gasteiger partial charge on any atom is -0.481 e. The van der Waals surface area contributed by atoms with Crippen LogP contribution in [0.15, 0.2) is 0 Å². The third-order valence-electron chi connectivity index (χ3n) is 4.56. The molecule has 0 bridgehead atoms. The van der Waals surface area contributed by atoms with Crippen LogP contribution in [0.25, 0.3) is 0 Å². The summed E-state index contributed by atoms with van der Waals surface area (Å²) in [5.41, 5.74) is -0.756. The van der Waals surface area contributed by atoms with Crippen LogP contribution in [0.3, 0.4) is 0 Å². The molecule has 6 heteroatoms. The van der Waals surface area contributed by atoms with Gasteiger partial charge in [-0.2, -0.15) is 11.8 Å². The highest BCUT2D eigenvalue weighted by atomic mass is 32.2. The maximum absolute atomic E-state index is 12.3. The first-order chi connectivity index (χ1) is 9.85. The SMILES string of the molecule is CC1(C)CN(C(=O)NCC2(C(=O)O)CCCCC2)CCS1.